The van der Waals surface area contributed by atoms with E-state index in [1.54, 1.807) is 7.11 Å². The van der Waals surface area contributed by atoms with Crippen LogP contribution in [-0.2, 0) is 0 Å². The summed E-state index contributed by atoms with van der Waals surface area (Å²) in [5.41, 5.74) is 1.96. The van der Waals surface area contributed by atoms with Crippen LogP contribution in [0.5, 0.6) is 5.75 Å². The van der Waals surface area contributed by atoms with Crippen molar-refractivity contribution in [2.75, 3.05) is 7.11 Å². The van der Waals surface area contributed by atoms with Gasteiger partial charge in [0.15, 0.2) is 0 Å². The third kappa shape index (κ3) is 2.07. The fourth-order valence-corrected chi connectivity index (χ4v) is 0.926. The van der Waals surface area contributed by atoms with Gasteiger partial charge in [0, 0.05) is 6.21 Å². The second-order valence-electron chi connectivity index (χ2n) is 2.37. The lowest BCUT2D eigenvalue weighted by Gasteiger charge is -2.03. The highest BCUT2D eigenvalue weighted by molar-refractivity contribution is 5.77. The number of nitrogens with one attached hydrogen (secondary N) is 1. The molecule has 0 spiro atoms. The average Bonchev–Trinajstić information content (AvgIpc) is 2.05. The van der Waals surface area contributed by atoms with Crippen molar-refractivity contribution in [1.82, 2.24) is 0 Å². The van der Waals surface area contributed by atoms with Gasteiger partial charge in [-0.25, -0.2) is 0 Å². The van der Waals surface area contributed by atoms with Gasteiger partial charge >= 0.3 is 0 Å². The van der Waals surface area contributed by atoms with E-state index < -0.39 is 0 Å². The van der Waals surface area contributed by atoms with E-state index in [-0.39, 0.29) is 5.48 Å². The van der Waals surface area contributed by atoms with Crippen LogP contribution in [0.25, 0.3) is 0 Å². The number of ether oxygens (including phenoxy) is 1. The minimum absolute atomic E-state index is 0. The van der Waals surface area contributed by atoms with Gasteiger partial charge in [0.05, 0.1) is 7.11 Å². The van der Waals surface area contributed by atoms with Crippen molar-refractivity contribution in [3.05, 3.63) is 29.3 Å². The van der Waals surface area contributed by atoms with Gasteiger partial charge in [0.25, 0.3) is 0 Å². The normalized spacial score (nSPS) is 8.50. The van der Waals surface area contributed by atoms with Gasteiger partial charge in [-0.05, 0) is 24.1 Å². The number of rotatable bonds is 2. The highest BCUT2D eigenvalue weighted by atomic mass is 16.5. The lowest BCUT2D eigenvalue weighted by atomic mass is 10.1. The third-order valence-corrected chi connectivity index (χ3v) is 1.60. The topological polar surface area (TPSA) is 64.6 Å². The Morgan fingerprint density at radius 2 is 2.08 bits per heavy atom. The van der Waals surface area contributed by atoms with E-state index in [2.05, 4.69) is 0 Å². The van der Waals surface area contributed by atoms with Crippen LogP contribution in [0.1, 0.15) is 11.1 Å². The van der Waals surface area contributed by atoms with Crippen molar-refractivity contribution in [3.8, 4) is 5.75 Å². The Labute approximate surface area is 71.8 Å². The molecule has 0 saturated carbocycles. The molecular formula is C9H13NO2. The Kier molecular flexibility index (Phi) is 4.00. The van der Waals surface area contributed by atoms with Gasteiger partial charge in [-0.3, -0.25) is 0 Å². The van der Waals surface area contributed by atoms with E-state index in [1.165, 1.54) is 6.21 Å². The first kappa shape index (κ1) is 10.7. The molecule has 0 atom stereocenters. The average molecular weight is 167 g/mol. The molecule has 0 unspecified atom stereocenters. The highest BCUT2D eigenvalue weighted by Crippen LogP contribution is 2.17. The molecule has 0 amide bonds. The number of benzene rings is 1. The maximum Gasteiger partial charge on any atom is 0.122 e. The van der Waals surface area contributed by atoms with Crippen LogP contribution in [0.4, 0.5) is 0 Å². The van der Waals surface area contributed by atoms with Crippen molar-refractivity contribution < 1.29 is 10.2 Å². The fraction of sp³-hybridized carbons (Fsp3) is 0.222. The molecule has 12 heavy (non-hydrogen) atoms. The van der Waals surface area contributed by atoms with Crippen LogP contribution < -0.4 is 4.74 Å². The molecule has 3 nitrogen and oxygen atoms in total. The van der Waals surface area contributed by atoms with Crippen LogP contribution in [0.15, 0.2) is 18.2 Å². The van der Waals surface area contributed by atoms with E-state index in [0.29, 0.717) is 0 Å². The third-order valence-electron chi connectivity index (χ3n) is 1.60. The minimum atomic E-state index is 0. The zero-order valence-corrected chi connectivity index (χ0v) is 7.22. The molecule has 0 aliphatic heterocycles. The van der Waals surface area contributed by atoms with Gasteiger partial charge < -0.3 is 15.6 Å². The molecule has 0 aliphatic carbocycles. The number of hydrogen-bond acceptors (Lipinski definition) is 2. The van der Waals surface area contributed by atoms with Gasteiger partial charge in [0.1, 0.15) is 5.75 Å². The van der Waals surface area contributed by atoms with Gasteiger partial charge in [0.2, 0.25) is 0 Å². The predicted molar refractivity (Wildman–Crippen MR) is 49.2 cm³/mol. The van der Waals surface area contributed by atoms with Gasteiger partial charge in [-0.15, -0.1) is 0 Å². The zero-order valence-electron chi connectivity index (χ0n) is 7.22. The molecule has 0 heterocycles. The van der Waals surface area contributed by atoms with Crippen LogP contribution in [0, 0.1) is 12.3 Å². The van der Waals surface area contributed by atoms with Crippen molar-refractivity contribution >= 4 is 6.21 Å². The summed E-state index contributed by atoms with van der Waals surface area (Å²) in [5, 5.41) is 7.01. The Hall–Kier alpha value is -1.35. The van der Waals surface area contributed by atoms with E-state index >= 15 is 0 Å². The molecule has 3 heteroatoms. The molecular weight excluding hydrogens is 154 g/mol. The molecule has 1 aromatic carbocycles. The maximum atomic E-state index is 7.01. The molecule has 1 rings (SSSR count). The summed E-state index contributed by atoms with van der Waals surface area (Å²) < 4.78 is 5.08. The van der Waals surface area contributed by atoms with Crippen molar-refractivity contribution in [1.29, 1.82) is 5.41 Å². The zero-order chi connectivity index (χ0) is 8.27. The van der Waals surface area contributed by atoms with Crippen LogP contribution in [0.3, 0.4) is 0 Å². The summed E-state index contributed by atoms with van der Waals surface area (Å²) >= 11 is 0. The number of aryl methyl sites for hydroxylation is 1. The van der Waals surface area contributed by atoms with Crippen LogP contribution >= 0.6 is 0 Å². The lowest BCUT2D eigenvalue weighted by molar-refractivity contribution is 0.411. The second-order valence-corrected chi connectivity index (χ2v) is 2.37. The largest absolute Gasteiger partial charge is 0.496 e. The van der Waals surface area contributed by atoms with E-state index in [1.807, 2.05) is 25.1 Å². The molecule has 0 radical (unpaired) electrons. The summed E-state index contributed by atoms with van der Waals surface area (Å²) in [6.07, 6.45) is 1.31. The SMILES string of the molecule is COc1cc(C=N)ccc1C.O. The van der Waals surface area contributed by atoms with Gasteiger partial charge in [-0.2, -0.15) is 0 Å². The molecule has 0 aliphatic rings. The molecule has 66 valence electrons. The lowest BCUT2D eigenvalue weighted by Crippen LogP contribution is -1.88. The molecule has 0 aromatic heterocycles. The predicted octanol–water partition coefficient (Wildman–Crippen LogP) is 1.18. The Balaban J connectivity index is 0.00000121. The number of hydrogen-bond donors (Lipinski definition) is 1. The first-order chi connectivity index (χ1) is 5.27. The quantitative estimate of drug-likeness (QED) is 0.660. The number of methoxy groups -OCH3 is 1. The summed E-state index contributed by atoms with van der Waals surface area (Å²) in [6, 6.07) is 5.69. The monoisotopic (exact) mass is 167 g/mol. The minimum Gasteiger partial charge on any atom is -0.496 e. The first-order valence-electron chi connectivity index (χ1n) is 3.43. The summed E-state index contributed by atoms with van der Waals surface area (Å²) in [5.74, 6) is 0.839. The molecule has 0 fully saturated rings. The first-order valence-corrected chi connectivity index (χ1v) is 3.43. The standard InChI is InChI=1S/C9H11NO.H2O/c1-7-3-4-8(6-10)5-9(7)11-2;/h3-6,10H,1-2H3;1H2. The summed E-state index contributed by atoms with van der Waals surface area (Å²) in [6.45, 7) is 1.98. The van der Waals surface area contributed by atoms with E-state index in [4.69, 9.17) is 10.1 Å². The van der Waals surface area contributed by atoms with E-state index in [0.717, 1.165) is 16.9 Å². The van der Waals surface area contributed by atoms with E-state index in [9.17, 15) is 0 Å². The molecule has 3 N–H and O–H groups in total. The fourth-order valence-electron chi connectivity index (χ4n) is 0.926. The summed E-state index contributed by atoms with van der Waals surface area (Å²) in [7, 11) is 1.63. The highest BCUT2D eigenvalue weighted by Gasteiger charge is 1.96. The van der Waals surface area contributed by atoms with Gasteiger partial charge in [-0.1, -0.05) is 12.1 Å². The molecule has 0 bridgehead atoms. The van der Waals surface area contributed by atoms with Crippen LogP contribution in [-0.4, -0.2) is 18.8 Å². The molecule has 1 aromatic rings. The Bertz CT molecular complexity index is 271. The van der Waals surface area contributed by atoms with Crippen LogP contribution in [0.2, 0.25) is 0 Å². The van der Waals surface area contributed by atoms with Crippen molar-refractivity contribution in [3.63, 3.8) is 0 Å². The maximum absolute atomic E-state index is 7.01. The smallest absolute Gasteiger partial charge is 0.122 e. The molecule has 0 saturated heterocycles. The van der Waals surface area contributed by atoms with Crippen molar-refractivity contribution in [2.24, 2.45) is 0 Å². The summed E-state index contributed by atoms with van der Waals surface area (Å²) in [4.78, 5) is 0. The second kappa shape index (κ2) is 4.51. The Morgan fingerprint density at radius 3 is 2.58 bits per heavy atom. The van der Waals surface area contributed by atoms with Crippen molar-refractivity contribution in [2.45, 2.75) is 6.92 Å². The Morgan fingerprint density at radius 1 is 1.42 bits per heavy atom.